The number of carbonyl (C=O) groups excluding carboxylic acids is 2. The van der Waals surface area contributed by atoms with Gasteiger partial charge >= 0.3 is 0 Å². The van der Waals surface area contributed by atoms with Gasteiger partial charge in [-0.25, -0.2) is 0 Å². The summed E-state index contributed by atoms with van der Waals surface area (Å²) in [5.41, 5.74) is 0.818. The highest BCUT2D eigenvalue weighted by atomic mass is 16.5. The molecule has 0 aromatic carbocycles. The van der Waals surface area contributed by atoms with Crippen molar-refractivity contribution in [3.05, 3.63) is 33.7 Å². The van der Waals surface area contributed by atoms with Crippen LogP contribution in [0.3, 0.4) is 0 Å². The normalized spacial score (nSPS) is 28.9. The highest BCUT2D eigenvalue weighted by Crippen LogP contribution is 2.39. The van der Waals surface area contributed by atoms with Gasteiger partial charge in [0, 0.05) is 39.4 Å². The molecule has 2 amide bonds. The molecule has 2 saturated carbocycles. The Morgan fingerprint density at radius 1 is 1.17 bits per heavy atom. The van der Waals surface area contributed by atoms with Gasteiger partial charge < -0.3 is 19.5 Å². The van der Waals surface area contributed by atoms with E-state index in [4.69, 9.17) is 4.74 Å². The van der Waals surface area contributed by atoms with Crippen molar-refractivity contribution < 1.29 is 14.3 Å². The topological polar surface area (TPSA) is 80.6 Å². The fourth-order valence-electron chi connectivity index (χ4n) is 4.78. The maximum Gasteiger partial charge on any atom is 0.263 e. The molecule has 2 aliphatic carbocycles. The first-order valence-electron chi connectivity index (χ1n) is 10.7. The van der Waals surface area contributed by atoms with Crippen LogP contribution in [0.4, 0.5) is 0 Å². The Labute approximate surface area is 171 Å². The van der Waals surface area contributed by atoms with Gasteiger partial charge in [-0.15, -0.1) is 0 Å². The van der Waals surface area contributed by atoms with Crippen LogP contribution in [-0.4, -0.2) is 53.1 Å². The van der Waals surface area contributed by atoms with Gasteiger partial charge in [-0.2, -0.15) is 0 Å². The molecule has 1 aromatic rings. The molecule has 0 bridgehead atoms. The van der Waals surface area contributed by atoms with Crippen molar-refractivity contribution in [1.29, 1.82) is 0 Å². The molecule has 1 aliphatic heterocycles. The van der Waals surface area contributed by atoms with Crippen molar-refractivity contribution in [3.63, 3.8) is 0 Å². The number of aryl methyl sites for hydroxylation is 1. The van der Waals surface area contributed by atoms with Crippen LogP contribution < -0.4 is 10.9 Å². The van der Waals surface area contributed by atoms with E-state index in [1.54, 1.807) is 20.0 Å². The highest BCUT2D eigenvalue weighted by Gasteiger charge is 2.45. The largest absolute Gasteiger partial charge is 0.376 e. The summed E-state index contributed by atoms with van der Waals surface area (Å²) >= 11 is 0. The van der Waals surface area contributed by atoms with Gasteiger partial charge in [0.1, 0.15) is 5.56 Å². The minimum Gasteiger partial charge on any atom is -0.376 e. The Hall–Kier alpha value is -2.15. The predicted octanol–water partition coefficient (Wildman–Crippen LogP) is 1.48. The molecule has 2 heterocycles. The van der Waals surface area contributed by atoms with Crippen molar-refractivity contribution in [1.82, 2.24) is 14.8 Å². The Morgan fingerprint density at radius 2 is 1.86 bits per heavy atom. The van der Waals surface area contributed by atoms with Crippen LogP contribution >= 0.6 is 0 Å². The second-order valence-corrected chi connectivity index (χ2v) is 9.08. The summed E-state index contributed by atoms with van der Waals surface area (Å²) in [6, 6.07) is 3.45. The minimum atomic E-state index is -0.244. The van der Waals surface area contributed by atoms with Gasteiger partial charge in [0.05, 0.1) is 12.1 Å². The number of rotatable bonds is 5. The Morgan fingerprint density at radius 3 is 2.52 bits per heavy atom. The zero-order valence-corrected chi connectivity index (χ0v) is 17.5. The number of nitrogens with one attached hydrogen (secondary N) is 1. The van der Waals surface area contributed by atoms with E-state index in [1.807, 2.05) is 17.9 Å². The predicted molar refractivity (Wildman–Crippen MR) is 109 cm³/mol. The molecule has 7 heteroatoms. The monoisotopic (exact) mass is 401 g/mol. The summed E-state index contributed by atoms with van der Waals surface area (Å²) in [6.45, 7) is 5.44. The zero-order chi connectivity index (χ0) is 20.7. The molecule has 3 aliphatic rings. The van der Waals surface area contributed by atoms with Gasteiger partial charge in [0.25, 0.3) is 11.5 Å². The molecular formula is C22H31N3O4. The average molecular weight is 402 g/mol. The number of hydrogen-bond acceptors (Lipinski definition) is 4. The molecule has 3 fully saturated rings. The maximum absolute atomic E-state index is 13.1. The maximum atomic E-state index is 13.1. The lowest BCUT2D eigenvalue weighted by atomic mass is 9.77. The molecule has 1 aromatic heterocycles. The molecule has 0 radical (unpaired) electrons. The molecule has 7 nitrogen and oxygen atoms in total. The number of pyridine rings is 1. The third-order valence-electron chi connectivity index (χ3n) is 6.82. The lowest BCUT2D eigenvalue weighted by Gasteiger charge is -2.38. The van der Waals surface area contributed by atoms with E-state index in [1.165, 1.54) is 17.4 Å². The summed E-state index contributed by atoms with van der Waals surface area (Å²) in [7, 11) is 1.69. The molecule has 4 rings (SSSR count). The number of hydrogen-bond donors (Lipinski definition) is 1. The van der Waals surface area contributed by atoms with Crippen LogP contribution in [0.25, 0.3) is 0 Å². The number of likely N-dealkylation sites (tertiary alicyclic amines) is 1. The summed E-state index contributed by atoms with van der Waals surface area (Å²) in [4.78, 5) is 39.1. The Bertz CT molecular complexity index is 860. The summed E-state index contributed by atoms with van der Waals surface area (Å²) in [6.07, 6.45) is 4.13. The summed E-state index contributed by atoms with van der Waals surface area (Å²) in [5, 5.41) is 3.07. The van der Waals surface area contributed by atoms with Crippen molar-refractivity contribution in [2.45, 2.75) is 51.7 Å². The third-order valence-corrected chi connectivity index (χ3v) is 6.82. The average Bonchev–Trinajstić information content (AvgIpc) is 3.41. The minimum absolute atomic E-state index is 0.00282. The van der Waals surface area contributed by atoms with E-state index in [0.29, 0.717) is 30.8 Å². The number of carbonyl (C=O) groups is 2. The number of aromatic nitrogens is 1. The standard InChI is InChI=1S/C22H31N3O4/c1-13-4-7-18(21(27)24(13)3)22(28)25-10-16-8-19(23-14(2)26)20(9-17(16)11-25)29-12-15-5-6-15/h4,7,15-17,19-20H,5-6,8-12H2,1-3H3,(H,23,26)/t16-,17+,19-,20-/m1/s1. The number of amides is 2. The summed E-state index contributed by atoms with van der Waals surface area (Å²) in [5.74, 6) is 1.12. The lowest BCUT2D eigenvalue weighted by molar-refractivity contribution is -0.122. The van der Waals surface area contributed by atoms with E-state index in [9.17, 15) is 14.4 Å². The second-order valence-electron chi connectivity index (χ2n) is 9.08. The van der Waals surface area contributed by atoms with E-state index in [-0.39, 0.29) is 35.1 Å². The molecule has 1 saturated heterocycles. The van der Waals surface area contributed by atoms with Crippen molar-refractivity contribution in [2.75, 3.05) is 19.7 Å². The second kappa shape index (κ2) is 7.94. The molecule has 1 N–H and O–H groups in total. The summed E-state index contributed by atoms with van der Waals surface area (Å²) < 4.78 is 7.70. The van der Waals surface area contributed by atoms with E-state index >= 15 is 0 Å². The Kier molecular flexibility index (Phi) is 5.51. The number of ether oxygens (including phenoxy) is 1. The zero-order valence-electron chi connectivity index (χ0n) is 17.5. The number of nitrogens with zero attached hydrogens (tertiary/aromatic N) is 2. The fraction of sp³-hybridized carbons (Fsp3) is 0.682. The van der Waals surface area contributed by atoms with Crippen molar-refractivity contribution in [3.8, 4) is 0 Å². The smallest absolute Gasteiger partial charge is 0.263 e. The third kappa shape index (κ3) is 4.25. The SMILES string of the molecule is CC(=O)N[C@@H]1C[C@@H]2CN(C(=O)c3ccc(C)n(C)c3=O)C[C@@H]2C[C@H]1OCC1CC1. The van der Waals surface area contributed by atoms with Gasteiger partial charge in [0.2, 0.25) is 5.91 Å². The Balaban J connectivity index is 1.46. The van der Waals surface area contributed by atoms with E-state index in [0.717, 1.165) is 25.1 Å². The van der Waals surface area contributed by atoms with Crippen molar-refractivity contribution in [2.24, 2.45) is 24.8 Å². The van der Waals surface area contributed by atoms with E-state index in [2.05, 4.69) is 5.32 Å². The molecule has 4 atom stereocenters. The van der Waals surface area contributed by atoms with Gasteiger partial charge in [-0.1, -0.05) is 0 Å². The highest BCUT2D eigenvalue weighted by molar-refractivity contribution is 5.94. The lowest BCUT2D eigenvalue weighted by Crippen LogP contribution is -2.50. The van der Waals surface area contributed by atoms with Gasteiger partial charge in [-0.3, -0.25) is 14.4 Å². The van der Waals surface area contributed by atoms with Crippen LogP contribution in [0.1, 0.15) is 48.7 Å². The molecule has 158 valence electrons. The first-order chi connectivity index (χ1) is 13.8. The van der Waals surface area contributed by atoms with Crippen LogP contribution in [0, 0.1) is 24.7 Å². The fourth-order valence-corrected chi connectivity index (χ4v) is 4.78. The first-order valence-corrected chi connectivity index (χ1v) is 10.7. The van der Waals surface area contributed by atoms with Crippen molar-refractivity contribution >= 4 is 11.8 Å². The van der Waals surface area contributed by atoms with E-state index < -0.39 is 0 Å². The van der Waals surface area contributed by atoms with Crippen LogP contribution in [0.15, 0.2) is 16.9 Å². The quantitative estimate of drug-likeness (QED) is 0.810. The molecule has 29 heavy (non-hydrogen) atoms. The molecule has 0 spiro atoms. The molecular weight excluding hydrogens is 370 g/mol. The first kappa shape index (κ1) is 20.1. The van der Waals surface area contributed by atoms with Gasteiger partial charge in [0.15, 0.2) is 0 Å². The van der Waals surface area contributed by atoms with Crippen LogP contribution in [0.5, 0.6) is 0 Å². The molecule has 0 unspecified atom stereocenters. The van der Waals surface area contributed by atoms with Gasteiger partial charge in [-0.05, 0) is 62.5 Å². The van der Waals surface area contributed by atoms with Crippen LogP contribution in [0.2, 0.25) is 0 Å². The number of fused-ring (bicyclic) bond motifs is 1. The van der Waals surface area contributed by atoms with Crippen LogP contribution in [-0.2, 0) is 16.6 Å².